The largest absolute Gasteiger partial charge is 0.349 e. The zero-order valence-electron chi connectivity index (χ0n) is 21.4. The third-order valence-corrected chi connectivity index (χ3v) is 7.05. The SMILES string of the molecule is Cc1ccccc1C(=O)Nc1ccc(C(=O)N2CCCC(CC(=O)NCC=O)c3cc(Cl)ccc32)c(C)c1. The van der Waals surface area contributed by atoms with Crippen molar-refractivity contribution in [2.75, 3.05) is 23.3 Å². The summed E-state index contributed by atoms with van der Waals surface area (Å²) in [5, 5.41) is 6.04. The van der Waals surface area contributed by atoms with E-state index in [-0.39, 0.29) is 36.6 Å². The highest BCUT2D eigenvalue weighted by atomic mass is 35.5. The fourth-order valence-electron chi connectivity index (χ4n) is 4.90. The van der Waals surface area contributed by atoms with Gasteiger partial charge in [0.15, 0.2) is 0 Å². The Hall–Kier alpha value is -3.97. The Morgan fingerprint density at radius 1 is 1.00 bits per heavy atom. The molecule has 2 N–H and O–H groups in total. The molecule has 0 radical (unpaired) electrons. The molecule has 3 amide bonds. The van der Waals surface area contributed by atoms with Gasteiger partial charge in [-0.2, -0.15) is 0 Å². The molecule has 3 aromatic rings. The molecule has 0 fully saturated rings. The van der Waals surface area contributed by atoms with Crippen LogP contribution in [0.3, 0.4) is 0 Å². The first-order chi connectivity index (χ1) is 18.3. The number of nitrogens with zero attached hydrogens (tertiary/aromatic N) is 1. The van der Waals surface area contributed by atoms with E-state index in [1.54, 1.807) is 35.2 Å². The molecule has 1 aliphatic rings. The molecule has 0 bridgehead atoms. The second-order valence-corrected chi connectivity index (χ2v) is 9.91. The van der Waals surface area contributed by atoms with E-state index in [1.165, 1.54) is 0 Å². The van der Waals surface area contributed by atoms with E-state index in [9.17, 15) is 19.2 Å². The van der Waals surface area contributed by atoms with E-state index < -0.39 is 0 Å². The Balaban J connectivity index is 1.57. The van der Waals surface area contributed by atoms with Crippen molar-refractivity contribution >= 4 is 47.0 Å². The van der Waals surface area contributed by atoms with E-state index in [1.807, 2.05) is 44.2 Å². The van der Waals surface area contributed by atoms with Crippen molar-refractivity contribution in [2.24, 2.45) is 0 Å². The number of halogens is 1. The van der Waals surface area contributed by atoms with Gasteiger partial charge in [0.25, 0.3) is 11.8 Å². The maximum atomic E-state index is 13.8. The predicted molar refractivity (Wildman–Crippen MR) is 149 cm³/mol. The molecule has 0 spiro atoms. The first-order valence-electron chi connectivity index (χ1n) is 12.6. The first-order valence-corrected chi connectivity index (χ1v) is 13.0. The molecule has 1 atom stereocenters. The Morgan fingerprint density at radius 2 is 1.79 bits per heavy atom. The van der Waals surface area contributed by atoms with Gasteiger partial charge in [0.2, 0.25) is 5.91 Å². The smallest absolute Gasteiger partial charge is 0.258 e. The number of anilines is 2. The molecule has 1 aliphatic heterocycles. The lowest BCUT2D eigenvalue weighted by molar-refractivity contribution is -0.122. The number of benzene rings is 3. The first kappa shape index (κ1) is 27.1. The monoisotopic (exact) mass is 531 g/mol. The van der Waals surface area contributed by atoms with Crippen molar-refractivity contribution in [1.29, 1.82) is 0 Å². The minimum Gasteiger partial charge on any atom is -0.349 e. The highest BCUT2D eigenvalue weighted by molar-refractivity contribution is 6.30. The Morgan fingerprint density at radius 3 is 2.53 bits per heavy atom. The maximum absolute atomic E-state index is 13.8. The van der Waals surface area contributed by atoms with Gasteiger partial charge >= 0.3 is 0 Å². The van der Waals surface area contributed by atoms with E-state index in [0.717, 1.165) is 22.4 Å². The molecule has 0 aliphatic carbocycles. The van der Waals surface area contributed by atoms with Gasteiger partial charge in [-0.1, -0.05) is 29.8 Å². The van der Waals surface area contributed by atoms with Gasteiger partial charge in [0.05, 0.1) is 6.54 Å². The molecular formula is C30H30ClN3O4. The summed E-state index contributed by atoms with van der Waals surface area (Å²) in [6.45, 7) is 4.19. The van der Waals surface area contributed by atoms with E-state index in [0.29, 0.717) is 47.5 Å². The van der Waals surface area contributed by atoms with Crippen LogP contribution in [-0.4, -0.2) is 37.1 Å². The number of carbonyl (C=O) groups excluding carboxylic acids is 4. The zero-order valence-corrected chi connectivity index (χ0v) is 22.2. The molecule has 0 aromatic heterocycles. The third-order valence-electron chi connectivity index (χ3n) is 6.82. The zero-order chi connectivity index (χ0) is 27.2. The molecule has 38 heavy (non-hydrogen) atoms. The van der Waals surface area contributed by atoms with Crippen LogP contribution in [0.2, 0.25) is 5.02 Å². The van der Waals surface area contributed by atoms with Crippen molar-refractivity contribution in [3.8, 4) is 0 Å². The molecule has 1 unspecified atom stereocenters. The lowest BCUT2D eigenvalue weighted by Gasteiger charge is -2.25. The van der Waals surface area contributed by atoms with Crippen molar-refractivity contribution in [3.63, 3.8) is 0 Å². The predicted octanol–water partition coefficient (Wildman–Crippen LogP) is 5.44. The van der Waals surface area contributed by atoms with Crippen molar-refractivity contribution in [2.45, 2.75) is 39.0 Å². The van der Waals surface area contributed by atoms with E-state index >= 15 is 0 Å². The van der Waals surface area contributed by atoms with Crippen LogP contribution in [0.15, 0.2) is 60.7 Å². The van der Waals surface area contributed by atoms with Crippen molar-refractivity contribution < 1.29 is 19.2 Å². The summed E-state index contributed by atoms with van der Waals surface area (Å²) in [6, 6.07) is 18.0. The number of hydrogen-bond donors (Lipinski definition) is 2. The molecule has 0 saturated heterocycles. The Bertz CT molecular complexity index is 1390. The number of carbonyl (C=O) groups is 4. The molecule has 7 nitrogen and oxygen atoms in total. The minimum atomic E-state index is -0.216. The molecule has 196 valence electrons. The summed E-state index contributed by atoms with van der Waals surface area (Å²) < 4.78 is 0. The Kier molecular flexibility index (Phi) is 8.59. The topological polar surface area (TPSA) is 95.6 Å². The molecule has 0 saturated carbocycles. The standard InChI is InChI=1S/C30H30ClN3O4/c1-19-6-3-4-8-24(19)29(37)33-23-10-11-25(20(2)16-23)30(38)34-14-5-7-21(17-28(36)32-13-15-35)26-18-22(31)9-12-27(26)34/h3-4,6,8-12,15-16,18,21H,5,7,13-14,17H2,1-2H3,(H,32,36)(H,33,37). The number of rotatable bonds is 7. The molecule has 8 heteroatoms. The van der Waals surface area contributed by atoms with Gasteiger partial charge in [0.1, 0.15) is 6.29 Å². The van der Waals surface area contributed by atoms with Crippen LogP contribution in [0.5, 0.6) is 0 Å². The van der Waals surface area contributed by atoms with Gasteiger partial charge in [-0.05, 0) is 91.8 Å². The maximum Gasteiger partial charge on any atom is 0.258 e. The van der Waals surface area contributed by atoms with Gasteiger partial charge in [-0.25, -0.2) is 0 Å². The molecule has 1 heterocycles. The number of aryl methyl sites for hydroxylation is 2. The normalized spacial score (nSPS) is 14.7. The molecular weight excluding hydrogens is 502 g/mol. The average molecular weight is 532 g/mol. The van der Waals surface area contributed by atoms with Crippen LogP contribution < -0.4 is 15.5 Å². The van der Waals surface area contributed by atoms with Gasteiger partial charge in [-0.3, -0.25) is 14.4 Å². The van der Waals surface area contributed by atoms with Crippen molar-refractivity contribution in [1.82, 2.24) is 5.32 Å². The average Bonchev–Trinajstić information content (AvgIpc) is 3.06. The number of hydrogen-bond acceptors (Lipinski definition) is 4. The summed E-state index contributed by atoms with van der Waals surface area (Å²) in [7, 11) is 0. The summed E-state index contributed by atoms with van der Waals surface area (Å²) in [5.41, 5.74) is 4.92. The summed E-state index contributed by atoms with van der Waals surface area (Å²) in [6.07, 6.45) is 2.26. The summed E-state index contributed by atoms with van der Waals surface area (Å²) in [4.78, 5) is 51.3. The molecule has 4 rings (SSSR count). The number of amides is 3. The number of aldehydes is 1. The minimum absolute atomic E-state index is 0.0285. The summed E-state index contributed by atoms with van der Waals surface area (Å²) >= 11 is 6.31. The van der Waals surface area contributed by atoms with Crippen LogP contribution in [0.1, 0.15) is 62.6 Å². The highest BCUT2D eigenvalue weighted by Crippen LogP contribution is 2.39. The van der Waals surface area contributed by atoms with Crippen LogP contribution in [0, 0.1) is 13.8 Å². The second kappa shape index (κ2) is 12.0. The Labute approximate surface area is 227 Å². The van der Waals surface area contributed by atoms with Crippen LogP contribution in [-0.2, 0) is 9.59 Å². The summed E-state index contributed by atoms with van der Waals surface area (Å²) in [5.74, 6) is -0.711. The quantitative estimate of drug-likeness (QED) is 0.397. The van der Waals surface area contributed by atoms with Gasteiger partial charge in [-0.15, -0.1) is 0 Å². The lowest BCUT2D eigenvalue weighted by Crippen LogP contribution is -2.32. The third kappa shape index (κ3) is 6.11. The van der Waals surface area contributed by atoms with E-state index in [2.05, 4.69) is 10.6 Å². The fraction of sp³-hybridized carbons (Fsp3) is 0.267. The van der Waals surface area contributed by atoms with E-state index in [4.69, 9.17) is 11.6 Å². The second-order valence-electron chi connectivity index (χ2n) is 9.47. The van der Waals surface area contributed by atoms with Crippen LogP contribution >= 0.6 is 11.6 Å². The van der Waals surface area contributed by atoms with Gasteiger partial charge < -0.3 is 20.3 Å². The molecule has 3 aromatic carbocycles. The van der Waals surface area contributed by atoms with Crippen LogP contribution in [0.25, 0.3) is 0 Å². The van der Waals surface area contributed by atoms with Gasteiger partial charge in [0, 0.05) is 40.5 Å². The highest BCUT2D eigenvalue weighted by Gasteiger charge is 2.29. The lowest BCUT2D eigenvalue weighted by atomic mass is 9.90. The van der Waals surface area contributed by atoms with Crippen LogP contribution in [0.4, 0.5) is 11.4 Å². The number of nitrogens with one attached hydrogen (secondary N) is 2. The number of fused-ring (bicyclic) bond motifs is 1. The fourth-order valence-corrected chi connectivity index (χ4v) is 5.08. The van der Waals surface area contributed by atoms with Crippen molar-refractivity contribution in [3.05, 3.63) is 93.5 Å².